The van der Waals surface area contributed by atoms with Crippen LogP contribution in [0.2, 0.25) is 0 Å². The van der Waals surface area contributed by atoms with Crippen molar-refractivity contribution in [2.24, 2.45) is 11.8 Å². The van der Waals surface area contributed by atoms with Gasteiger partial charge in [0.25, 0.3) is 0 Å². The van der Waals surface area contributed by atoms with E-state index in [2.05, 4.69) is 133 Å². The second-order valence-corrected chi connectivity index (χ2v) is 11.8. The number of carbonyl (C=O) groups excluding carboxylic acids is 1. The molecule has 5 aromatic carbocycles. The van der Waals surface area contributed by atoms with Crippen molar-refractivity contribution < 1.29 is 9.53 Å². The maximum Gasteiger partial charge on any atom is 0.163 e. The summed E-state index contributed by atoms with van der Waals surface area (Å²) >= 11 is 0. The summed E-state index contributed by atoms with van der Waals surface area (Å²) in [6, 6.07) is 51.0. The molecule has 0 N–H and O–H groups in total. The van der Waals surface area contributed by atoms with E-state index in [0.717, 1.165) is 33.4 Å². The molecule has 9 rings (SSSR count). The lowest BCUT2D eigenvalue weighted by atomic mass is 9.54. The smallest absolute Gasteiger partial charge is 0.163 e. The molecule has 2 nitrogen and oxygen atoms in total. The van der Waals surface area contributed by atoms with Crippen molar-refractivity contribution in [2.75, 3.05) is 0 Å². The first-order valence-electron chi connectivity index (χ1n) is 14.6. The minimum absolute atomic E-state index is 0.0276. The van der Waals surface area contributed by atoms with Crippen LogP contribution in [0.3, 0.4) is 0 Å². The highest BCUT2D eigenvalue weighted by molar-refractivity contribution is 6.30. The molecule has 0 amide bonds. The molecular formula is C39H28O2. The van der Waals surface area contributed by atoms with Crippen LogP contribution in [-0.4, -0.2) is 5.78 Å². The summed E-state index contributed by atoms with van der Waals surface area (Å²) in [5, 5.41) is 0. The van der Waals surface area contributed by atoms with Gasteiger partial charge in [0.2, 0.25) is 0 Å². The number of ketones is 1. The fourth-order valence-electron chi connectivity index (χ4n) is 9.12. The molecule has 5 aromatic rings. The lowest BCUT2D eigenvalue weighted by Crippen LogP contribution is -2.42. The van der Waals surface area contributed by atoms with E-state index in [4.69, 9.17) is 4.74 Å². The highest BCUT2D eigenvalue weighted by atomic mass is 16.5. The molecule has 6 atom stereocenters. The minimum Gasteiger partial charge on any atom is -0.365 e. The molecular weight excluding hydrogens is 500 g/mol. The van der Waals surface area contributed by atoms with E-state index in [0.29, 0.717) is 5.78 Å². The number of rotatable bonds is 4. The standard InChI is InChI=1S/C39H28O2/c40-37-38(27-19-9-3-10-20-27)31(25-15-5-1-6-16-25)32(26-17-7-2-8-18-26)39(37,28-21-11-4-12-22-28)34-33(38)35-29-23-13-14-24-30(29)36(34)41-35/h1-24,33-36H/t33-,34+,35-,36+,38-,39+. The molecule has 4 bridgehead atoms. The van der Waals surface area contributed by atoms with Crippen LogP contribution < -0.4 is 0 Å². The molecule has 196 valence electrons. The summed E-state index contributed by atoms with van der Waals surface area (Å²) in [5.74, 6) is 0.238. The van der Waals surface area contributed by atoms with Gasteiger partial charge in [0, 0.05) is 11.8 Å². The first-order chi connectivity index (χ1) is 20.3. The van der Waals surface area contributed by atoms with Crippen molar-refractivity contribution in [2.45, 2.75) is 23.0 Å². The Morgan fingerprint density at radius 1 is 0.439 bits per heavy atom. The van der Waals surface area contributed by atoms with E-state index in [-0.39, 0.29) is 24.0 Å². The van der Waals surface area contributed by atoms with Crippen molar-refractivity contribution >= 4 is 16.9 Å². The summed E-state index contributed by atoms with van der Waals surface area (Å²) in [4.78, 5) is 16.0. The van der Waals surface area contributed by atoms with Crippen LogP contribution >= 0.6 is 0 Å². The van der Waals surface area contributed by atoms with Crippen molar-refractivity contribution in [3.63, 3.8) is 0 Å². The Balaban J connectivity index is 1.50. The van der Waals surface area contributed by atoms with E-state index < -0.39 is 10.8 Å². The Kier molecular flexibility index (Phi) is 4.67. The van der Waals surface area contributed by atoms with E-state index in [1.807, 2.05) is 12.1 Å². The zero-order valence-corrected chi connectivity index (χ0v) is 22.5. The normalized spacial score (nSPS) is 30.5. The Labute approximate surface area is 240 Å². The predicted molar refractivity (Wildman–Crippen MR) is 161 cm³/mol. The van der Waals surface area contributed by atoms with Crippen molar-refractivity contribution in [3.05, 3.63) is 179 Å². The van der Waals surface area contributed by atoms with Crippen LogP contribution in [-0.2, 0) is 20.4 Å². The summed E-state index contributed by atoms with van der Waals surface area (Å²) in [5.41, 5.74) is 7.39. The summed E-state index contributed by atoms with van der Waals surface area (Å²) in [6.45, 7) is 0. The van der Waals surface area contributed by atoms with Gasteiger partial charge in [0.15, 0.2) is 5.78 Å². The number of hydrogen-bond acceptors (Lipinski definition) is 2. The van der Waals surface area contributed by atoms with E-state index in [1.54, 1.807) is 0 Å². The Morgan fingerprint density at radius 2 is 0.780 bits per heavy atom. The molecule has 1 saturated heterocycles. The molecule has 2 aliphatic heterocycles. The Bertz CT molecular complexity index is 1710. The number of carbonyl (C=O) groups is 1. The highest BCUT2D eigenvalue weighted by Crippen LogP contribution is 2.81. The van der Waals surface area contributed by atoms with Crippen LogP contribution in [0.5, 0.6) is 0 Å². The summed E-state index contributed by atoms with van der Waals surface area (Å²) in [6.07, 6.45) is -0.293. The zero-order chi connectivity index (χ0) is 27.2. The lowest BCUT2D eigenvalue weighted by Gasteiger charge is -2.45. The van der Waals surface area contributed by atoms with Gasteiger partial charge >= 0.3 is 0 Å². The maximum absolute atomic E-state index is 16.0. The fraction of sp³-hybridized carbons (Fsp3) is 0.154. The van der Waals surface area contributed by atoms with Crippen LogP contribution in [0.1, 0.15) is 45.6 Å². The van der Waals surface area contributed by atoms with Crippen molar-refractivity contribution in [3.8, 4) is 0 Å². The third kappa shape index (κ3) is 2.65. The molecule has 0 aromatic heterocycles. The van der Waals surface area contributed by atoms with E-state index in [1.165, 1.54) is 11.1 Å². The highest BCUT2D eigenvalue weighted by Gasteiger charge is 2.82. The third-order valence-corrected chi connectivity index (χ3v) is 10.3. The van der Waals surface area contributed by atoms with Gasteiger partial charge in [-0.1, -0.05) is 146 Å². The molecule has 0 radical (unpaired) electrons. The number of benzene rings is 5. The Hall–Kier alpha value is -4.53. The molecule has 2 fully saturated rings. The fourth-order valence-corrected chi connectivity index (χ4v) is 9.12. The third-order valence-electron chi connectivity index (χ3n) is 10.3. The summed E-state index contributed by atoms with van der Waals surface area (Å²) < 4.78 is 7.02. The molecule has 1 saturated carbocycles. The minimum atomic E-state index is -0.860. The molecule has 2 heterocycles. The van der Waals surface area contributed by atoms with E-state index >= 15 is 4.79 Å². The van der Waals surface area contributed by atoms with Gasteiger partial charge in [-0.2, -0.15) is 0 Å². The van der Waals surface area contributed by atoms with Crippen LogP contribution in [0.15, 0.2) is 146 Å². The van der Waals surface area contributed by atoms with Gasteiger partial charge in [0.05, 0.1) is 23.0 Å². The van der Waals surface area contributed by atoms with Crippen LogP contribution in [0, 0.1) is 11.8 Å². The molecule has 2 aliphatic carbocycles. The number of allylic oxidation sites excluding steroid dienone is 2. The Morgan fingerprint density at radius 3 is 1.17 bits per heavy atom. The first kappa shape index (κ1) is 23.2. The SMILES string of the molecule is O=C1[C@]2(c3ccccc3)C(c3ccccc3)=C(c3ccccc3)[C@@]1(c1ccccc1)[C@H]1[C@@H]2[C@@H]2O[C@H]1c1ccccc12. The average molecular weight is 529 g/mol. The quantitative estimate of drug-likeness (QED) is 0.235. The zero-order valence-electron chi connectivity index (χ0n) is 22.5. The van der Waals surface area contributed by atoms with E-state index in [9.17, 15) is 0 Å². The molecule has 4 aliphatic rings. The van der Waals surface area contributed by atoms with Crippen molar-refractivity contribution in [1.29, 1.82) is 0 Å². The van der Waals surface area contributed by atoms with Crippen LogP contribution in [0.4, 0.5) is 0 Å². The second-order valence-electron chi connectivity index (χ2n) is 11.8. The van der Waals surface area contributed by atoms with Gasteiger partial charge in [0.1, 0.15) is 0 Å². The van der Waals surface area contributed by atoms with Gasteiger partial charge in [-0.25, -0.2) is 0 Å². The average Bonchev–Trinajstić information content (AvgIpc) is 3.75. The van der Waals surface area contributed by atoms with Gasteiger partial charge in [-0.15, -0.1) is 0 Å². The van der Waals surface area contributed by atoms with Crippen LogP contribution in [0.25, 0.3) is 11.1 Å². The molecule has 41 heavy (non-hydrogen) atoms. The number of fused-ring (bicyclic) bond motifs is 12. The number of hydrogen-bond donors (Lipinski definition) is 0. The van der Waals surface area contributed by atoms with Gasteiger partial charge < -0.3 is 4.74 Å². The monoisotopic (exact) mass is 528 g/mol. The molecule has 0 unspecified atom stereocenters. The number of ether oxygens (including phenoxy) is 1. The lowest BCUT2D eigenvalue weighted by molar-refractivity contribution is -0.125. The molecule has 0 spiro atoms. The maximum atomic E-state index is 16.0. The number of Topliss-reactive ketones (excluding diaryl/α,β-unsaturated/α-hetero) is 1. The van der Waals surface area contributed by atoms with Gasteiger partial charge in [-0.05, 0) is 44.5 Å². The second kappa shape index (κ2) is 8.25. The topological polar surface area (TPSA) is 26.3 Å². The van der Waals surface area contributed by atoms with Gasteiger partial charge in [-0.3, -0.25) is 4.79 Å². The van der Waals surface area contributed by atoms with Crippen molar-refractivity contribution in [1.82, 2.24) is 0 Å². The first-order valence-corrected chi connectivity index (χ1v) is 14.6. The largest absolute Gasteiger partial charge is 0.365 e. The summed E-state index contributed by atoms with van der Waals surface area (Å²) in [7, 11) is 0. The predicted octanol–water partition coefficient (Wildman–Crippen LogP) is 8.13. The molecule has 2 heteroatoms.